The third-order valence-electron chi connectivity index (χ3n) is 0.824. The van der Waals surface area contributed by atoms with Crippen LogP contribution in [0.25, 0.3) is 0 Å². The molecule has 1 aliphatic rings. The zero-order valence-electron chi connectivity index (χ0n) is 5.46. The molecule has 0 saturated carbocycles. The minimum atomic E-state index is -3.04. The van der Waals surface area contributed by atoms with Gasteiger partial charge in [0.1, 0.15) is 4.32 Å². The average molecular weight is 206 g/mol. The van der Waals surface area contributed by atoms with Gasteiger partial charge in [-0.2, -0.15) is 0 Å². The molecule has 0 amide bonds. The van der Waals surface area contributed by atoms with Crippen LogP contribution in [0.5, 0.6) is 0 Å². The summed E-state index contributed by atoms with van der Waals surface area (Å²) in [5, 5.41) is 0. The van der Waals surface area contributed by atoms with Gasteiger partial charge in [0.2, 0.25) is 10.0 Å². The first kappa shape index (κ1) is 11.2. The number of hydrogen-bond acceptors (Lipinski definition) is 4. The van der Waals surface area contributed by atoms with Crippen LogP contribution in [0, 0.1) is 0 Å². The van der Waals surface area contributed by atoms with E-state index in [-0.39, 0.29) is 35.3 Å². The third kappa shape index (κ3) is 3.54. The second kappa shape index (κ2) is 4.27. The maximum Gasteiger partial charge on any atom is 0.234 e. The fourth-order valence-corrected chi connectivity index (χ4v) is 3.45. The molecule has 10 heavy (non-hydrogen) atoms. The first-order valence-corrected chi connectivity index (χ1v) is 5.32. The largest absolute Gasteiger partial charge is 0.268 e. The number of sulfonamides is 1. The molecular weight excluding hydrogens is 201 g/mol. The predicted molar refractivity (Wildman–Crippen MR) is 47.7 cm³/mol. The van der Waals surface area contributed by atoms with Crippen molar-refractivity contribution >= 4 is 67.9 Å². The molecule has 0 aromatic carbocycles. The van der Waals surface area contributed by atoms with Crippen LogP contribution in [-0.4, -0.2) is 53.8 Å². The molecule has 1 heterocycles. The Morgan fingerprint density at radius 3 is 2.50 bits per heavy atom. The minimum Gasteiger partial charge on any atom is -0.268 e. The van der Waals surface area contributed by atoms with Gasteiger partial charge < -0.3 is 0 Å². The quantitative estimate of drug-likeness (QED) is 0.431. The van der Waals surface area contributed by atoms with Crippen molar-refractivity contribution in [3.05, 3.63) is 0 Å². The summed E-state index contributed by atoms with van der Waals surface area (Å²) in [7, 11) is -3.04. The van der Waals surface area contributed by atoms with E-state index in [4.69, 9.17) is 0 Å². The van der Waals surface area contributed by atoms with Crippen LogP contribution in [0.3, 0.4) is 0 Å². The van der Waals surface area contributed by atoms with Crippen molar-refractivity contribution in [2.24, 2.45) is 0 Å². The van der Waals surface area contributed by atoms with Gasteiger partial charge >= 0.3 is 0 Å². The van der Waals surface area contributed by atoms with Crippen molar-refractivity contribution < 1.29 is 8.42 Å². The number of thioether (sulfide) groups is 1. The predicted octanol–water partition coefficient (Wildman–Crippen LogP) is -0.443. The van der Waals surface area contributed by atoms with Crippen LogP contribution in [0.4, 0.5) is 0 Å². The van der Waals surface area contributed by atoms with Gasteiger partial charge in [-0.25, -0.2) is 8.42 Å². The molecule has 1 radical (unpaired) electrons. The number of rotatable bonds is 0. The summed E-state index contributed by atoms with van der Waals surface area (Å²) < 4.78 is 23.9. The fraction of sp³-hybridized carbons (Fsp3) is 0.667. The summed E-state index contributed by atoms with van der Waals surface area (Å²) in [6.45, 7) is 0. The summed E-state index contributed by atoms with van der Waals surface area (Å²) in [5.41, 5.74) is 0. The molecule has 7 heteroatoms. The SMILES string of the molecule is O=S1(=O)CCSC(=S)N1.[Na]. The molecule has 0 aliphatic carbocycles. The average Bonchev–Trinajstić information content (AvgIpc) is 1.60. The van der Waals surface area contributed by atoms with Crippen molar-refractivity contribution in [3.8, 4) is 0 Å². The molecule has 0 spiro atoms. The van der Waals surface area contributed by atoms with Gasteiger partial charge in [-0.1, -0.05) is 24.0 Å². The summed E-state index contributed by atoms with van der Waals surface area (Å²) in [6.07, 6.45) is 0. The van der Waals surface area contributed by atoms with Crippen molar-refractivity contribution in [1.82, 2.24) is 4.72 Å². The molecular formula is C3H5NNaO2S3. The van der Waals surface area contributed by atoms with Crippen LogP contribution in [0.1, 0.15) is 0 Å². The Hall–Kier alpha value is 1.19. The van der Waals surface area contributed by atoms with Crippen molar-refractivity contribution in [3.63, 3.8) is 0 Å². The zero-order valence-corrected chi connectivity index (χ0v) is 9.90. The van der Waals surface area contributed by atoms with E-state index in [1.165, 1.54) is 11.8 Å². The molecule has 0 bridgehead atoms. The van der Waals surface area contributed by atoms with Gasteiger partial charge in [0, 0.05) is 35.3 Å². The van der Waals surface area contributed by atoms with E-state index in [0.717, 1.165) is 0 Å². The molecule has 0 aromatic rings. The molecule has 1 aliphatic heterocycles. The monoisotopic (exact) mass is 206 g/mol. The molecule has 1 rings (SSSR count). The molecule has 0 aromatic heterocycles. The zero-order chi connectivity index (χ0) is 6.91. The first-order valence-electron chi connectivity index (χ1n) is 2.27. The Morgan fingerprint density at radius 2 is 2.20 bits per heavy atom. The Bertz CT molecular complexity index is 224. The fourth-order valence-electron chi connectivity index (χ4n) is 0.452. The Labute approximate surface area is 91.7 Å². The normalized spacial score (nSPS) is 22.6. The van der Waals surface area contributed by atoms with Gasteiger partial charge in [-0.05, 0) is 0 Å². The summed E-state index contributed by atoms with van der Waals surface area (Å²) in [6, 6.07) is 0. The topological polar surface area (TPSA) is 46.2 Å². The molecule has 0 atom stereocenters. The summed E-state index contributed by atoms with van der Waals surface area (Å²) >= 11 is 5.99. The van der Waals surface area contributed by atoms with Gasteiger partial charge in [0.15, 0.2) is 0 Å². The van der Waals surface area contributed by atoms with Crippen molar-refractivity contribution in [2.45, 2.75) is 0 Å². The maximum absolute atomic E-state index is 10.6. The summed E-state index contributed by atoms with van der Waals surface area (Å²) in [5.74, 6) is 0.756. The second-order valence-electron chi connectivity index (χ2n) is 1.56. The van der Waals surface area contributed by atoms with E-state index < -0.39 is 10.0 Å². The van der Waals surface area contributed by atoms with E-state index in [9.17, 15) is 8.42 Å². The van der Waals surface area contributed by atoms with Crippen molar-refractivity contribution in [2.75, 3.05) is 11.5 Å². The summed E-state index contributed by atoms with van der Waals surface area (Å²) in [4.78, 5) is 0. The van der Waals surface area contributed by atoms with E-state index >= 15 is 0 Å². The Morgan fingerprint density at radius 1 is 1.60 bits per heavy atom. The first-order chi connectivity index (χ1) is 4.10. The maximum atomic E-state index is 10.6. The van der Waals surface area contributed by atoms with E-state index in [2.05, 4.69) is 16.9 Å². The van der Waals surface area contributed by atoms with Crippen molar-refractivity contribution in [1.29, 1.82) is 0 Å². The van der Waals surface area contributed by atoms with Crippen LogP contribution >= 0.6 is 24.0 Å². The second-order valence-corrected chi connectivity index (χ2v) is 5.17. The standard InChI is InChI=1S/C3H5NO2S3.Na/c5-9(6)2-1-8-3(7)4-9;/h1-2H2,(H,4,7);. The van der Waals surface area contributed by atoms with E-state index in [0.29, 0.717) is 10.1 Å². The molecule has 0 unspecified atom stereocenters. The van der Waals surface area contributed by atoms with Crippen LogP contribution in [0.2, 0.25) is 0 Å². The number of nitrogens with one attached hydrogen (secondary N) is 1. The molecule has 1 N–H and O–H groups in total. The van der Waals surface area contributed by atoms with Crippen LogP contribution in [0.15, 0.2) is 0 Å². The van der Waals surface area contributed by atoms with Crippen LogP contribution < -0.4 is 4.72 Å². The van der Waals surface area contributed by atoms with Gasteiger partial charge in [0.05, 0.1) is 5.75 Å². The molecule has 1 fully saturated rings. The number of thiocarbonyl (C=S) groups is 1. The Balaban J connectivity index is 0.000000810. The molecule has 3 nitrogen and oxygen atoms in total. The molecule has 53 valence electrons. The van der Waals surface area contributed by atoms with E-state index in [1.807, 2.05) is 0 Å². The van der Waals surface area contributed by atoms with E-state index in [1.54, 1.807) is 0 Å². The minimum absolute atomic E-state index is 0. The Kier molecular flexibility index (Phi) is 4.78. The van der Waals surface area contributed by atoms with Gasteiger partial charge in [0.25, 0.3) is 0 Å². The third-order valence-corrected chi connectivity index (χ3v) is 3.83. The molecule has 1 saturated heterocycles. The smallest absolute Gasteiger partial charge is 0.234 e. The number of hydrogen-bond donors (Lipinski definition) is 1. The van der Waals surface area contributed by atoms with Gasteiger partial charge in [-0.3, -0.25) is 4.72 Å². The van der Waals surface area contributed by atoms with Gasteiger partial charge in [-0.15, -0.1) is 0 Å². The van der Waals surface area contributed by atoms with Crippen LogP contribution in [-0.2, 0) is 10.0 Å².